The van der Waals surface area contributed by atoms with Crippen LogP contribution in [-0.4, -0.2) is 42.3 Å². The zero-order valence-electron chi connectivity index (χ0n) is 12.6. The fraction of sp³-hybridized carbons (Fsp3) is 1.00. The summed E-state index contributed by atoms with van der Waals surface area (Å²) >= 11 is 0. The molecule has 2 bridgehead atoms. The van der Waals surface area contributed by atoms with Gasteiger partial charge in [-0.05, 0) is 37.5 Å². The van der Waals surface area contributed by atoms with E-state index in [-0.39, 0.29) is 5.54 Å². The van der Waals surface area contributed by atoms with E-state index in [1.165, 1.54) is 38.5 Å². The summed E-state index contributed by atoms with van der Waals surface area (Å²) in [5.74, 6) is 1.65. The van der Waals surface area contributed by atoms with Crippen molar-refractivity contribution in [3.05, 3.63) is 0 Å². The van der Waals surface area contributed by atoms with Gasteiger partial charge >= 0.3 is 0 Å². The number of ether oxygens (including phenoxy) is 1. The van der Waals surface area contributed by atoms with E-state index >= 15 is 0 Å². The summed E-state index contributed by atoms with van der Waals surface area (Å²) in [6, 6.07) is 0. The van der Waals surface area contributed by atoms with Crippen molar-refractivity contribution in [2.45, 2.75) is 70.1 Å². The fourth-order valence-electron chi connectivity index (χ4n) is 4.56. The van der Waals surface area contributed by atoms with E-state index in [0.717, 1.165) is 31.5 Å². The van der Waals surface area contributed by atoms with Gasteiger partial charge in [0.1, 0.15) is 0 Å². The second-order valence-corrected chi connectivity index (χ2v) is 7.39. The van der Waals surface area contributed by atoms with E-state index < -0.39 is 0 Å². The maximum Gasteiger partial charge on any atom is 0.0707 e. The van der Waals surface area contributed by atoms with E-state index in [9.17, 15) is 0 Å². The average molecular weight is 266 g/mol. The minimum absolute atomic E-state index is 0.276. The van der Waals surface area contributed by atoms with Crippen molar-refractivity contribution in [3.63, 3.8) is 0 Å². The van der Waals surface area contributed by atoms with Crippen LogP contribution in [0.1, 0.15) is 52.4 Å². The molecule has 1 saturated carbocycles. The summed E-state index contributed by atoms with van der Waals surface area (Å²) in [6.45, 7) is 7.83. The van der Waals surface area contributed by atoms with Crippen LogP contribution in [0, 0.1) is 11.8 Å². The van der Waals surface area contributed by atoms with E-state index in [1.807, 2.05) is 0 Å². The van der Waals surface area contributed by atoms with Crippen LogP contribution < -0.4 is 5.73 Å². The second-order valence-electron chi connectivity index (χ2n) is 7.39. The van der Waals surface area contributed by atoms with Crippen LogP contribution in [0.5, 0.6) is 0 Å². The van der Waals surface area contributed by atoms with Gasteiger partial charge < -0.3 is 10.5 Å². The highest BCUT2D eigenvalue weighted by atomic mass is 16.5. The Kier molecular flexibility index (Phi) is 3.89. The summed E-state index contributed by atoms with van der Waals surface area (Å²) < 4.78 is 6.00. The molecule has 4 atom stereocenters. The summed E-state index contributed by atoms with van der Waals surface area (Å²) in [4.78, 5) is 2.72. The Morgan fingerprint density at radius 3 is 2.47 bits per heavy atom. The first-order chi connectivity index (χ1) is 9.13. The third-order valence-electron chi connectivity index (χ3n) is 5.90. The molecule has 1 aliphatic carbocycles. The van der Waals surface area contributed by atoms with Crippen LogP contribution in [0.15, 0.2) is 0 Å². The van der Waals surface area contributed by atoms with Crippen LogP contribution >= 0.6 is 0 Å². The molecule has 0 aromatic heterocycles. The van der Waals surface area contributed by atoms with Gasteiger partial charge in [0.05, 0.1) is 12.2 Å². The predicted molar refractivity (Wildman–Crippen MR) is 78.0 cm³/mol. The molecule has 19 heavy (non-hydrogen) atoms. The molecule has 3 aliphatic rings. The summed E-state index contributed by atoms with van der Waals surface area (Å²) in [5.41, 5.74) is 6.54. The first-order valence-electron chi connectivity index (χ1n) is 8.23. The lowest BCUT2D eigenvalue weighted by Gasteiger charge is -2.51. The van der Waals surface area contributed by atoms with Gasteiger partial charge in [0.25, 0.3) is 0 Å². The molecule has 3 heteroatoms. The molecular weight excluding hydrogens is 236 g/mol. The average Bonchev–Trinajstić information content (AvgIpc) is 2.77. The van der Waals surface area contributed by atoms with Gasteiger partial charge in [0, 0.05) is 25.2 Å². The molecule has 2 N–H and O–H groups in total. The molecule has 3 rings (SSSR count). The summed E-state index contributed by atoms with van der Waals surface area (Å²) in [7, 11) is 0. The number of nitrogens with two attached hydrogens (primary N) is 1. The number of likely N-dealkylation sites (tertiary alicyclic amines) is 1. The van der Waals surface area contributed by atoms with E-state index in [0.29, 0.717) is 12.2 Å². The number of fused-ring (bicyclic) bond motifs is 2. The quantitative estimate of drug-likeness (QED) is 0.852. The Balaban J connectivity index is 1.74. The number of nitrogens with zero attached hydrogens (tertiary/aromatic N) is 1. The molecule has 110 valence electrons. The monoisotopic (exact) mass is 266 g/mol. The molecule has 0 aromatic carbocycles. The number of hydrogen-bond donors (Lipinski definition) is 1. The molecule has 0 aromatic rings. The van der Waals surface area contributed by atoms with Crippen LogP contribution in [-0.2, 0) is 4.74 Å². The van der Waals surface area contributed by atoms with Crippen molar-refractivity contribution in [2.75, 3.05) is 19.6 Å². The standard InChI is InChI=1S/C16H30N2O/c1-12(2)13-4-3-7-16(8-13,11-17)18-9-14-5-6-15(10-18)19-14/h12-15H,3-11,17H2,1-2H3. The number of rotatable bonds is 3. The molecule has 0 spiro atoms. The fourth-order valence-corrected chi connectivity index (χ4v) is 4.56. The van der Waals surface area contributed by atoms with E-state index in [1.54, 1.807) is 0 Å². The maximum atomic E-state index is 6.26. The highest BCUT2D eigenvalue weighted by Crippen LogP contribution is 2.42. The lowest BCUT2D eigenvalue weighted by atomic mass is 9.70. The molecule has 3 nitrogen and oxygen atoms in total. The zero-order valence-corrected chi connectivity index (χ0v) is 12.6. The van der Waals surface area contributed by atoms with Gasteiger partial charge in [-0.15, -0.1) is 0 Å². The van der Waals surface area contributed by atoms with Crippen molar-refractivity contribution in [2.24, 2.45) is 17.6 Å². The largest absolute Gasteiger partial charge is 0.372 e. The molecule has 0 amide bonds. The van der Waals surface area contributed by atoms with Crippen LogP contribution in [0.2, 0.25) is 0 Å². The van der Waals surface area contributed by atoms with Gasteiger partial charge in [-0.3, -0.25) is 4.90 Å². The third kappa shape index (κ3) is 2.57. The zero-order chi connectivity index (χ0) is 13.5. The minimum Gasteiger partial charge on any atom is -0.372 e. The predicted octanol–water partition coefficient (Wildman–Crippen LogP) is 2.39. The SMILES string of the molecule is CC(C)C1CCCC(CN)(N2CC3CCC(C2)O3)C1. The normalized spacial score (nSPS) is 43.9. The molecule has 2 saturated heterocycles. The topological polar surface area (TPSA) is 38.5 Å². The third-order valence-corrected chi connectivity index (χ3v) is 5.90. The van der Waals surface area contributed by atoms with E-state index in [4.69, 9.17) is 10.5 Å². The van der Waals surface area contributed by atoms with Crippen LogP contribution in [0.25, 0.3) is 0 Å². The van der Waals surface area contributed by atoms with Gasteiger partial charge in [-0.1, -0.05) is 26.7 Å². The first-order valence-corrected chi connectivity index (χ1v) is 8.23. The Hall–Kier alpha value is -0.120. The number of hydrogen-bond acceptors (Lipinski definition) is 3. The lowest BCUT2D eigenvalue weighted by Crippen LogP contribution is -2.61. The van der Waals surface area contributed by atoms with Gasteiger partial charge in [-0.25, -0.2) is 0 Å². The van der Waals surface area contributed by atoms with Gasteiger partial charge in [-0.2, -0.15) is 0 Å². The molecular formula is C16H30N2O. The van der Waals surface area contributed by atoms with Crippen molar-refractivity contribution in [1.82, 2.24) is 4.90 Å². The molecule has 0 radical (unpaired) electrons. The molecule has 3 fully saturated rings. The molecule has 2 heterocycles. The van der Waals surface area contributed by atoms with Gasteiger partial charge in [0.15, 0.2) is 0 Å². The summed E-state index contributed by atoms with van der Waals surface area (Å²) in [5, 5.41) is 0. The Labute approximate surface area is 117 Å². The Morgan fingerprint density at radius 2 is 1.89 bits per heavy atom. The van der Waals surface area contributed by atoms with Gasteiger partial charge in [0.2, 0.25) is 0 Å². The van der Waals surface area contributed by atoms with Crippen molar-refractivity contribution in [3.8, 4) is 0 Å². The molecule has 4 unspecified atom stereocenters. The summed E-state index contributed by atoms with van der Waals surface area (Å²) in [6.07, 6.45) is 8.85. The minimum atomic E-state index is 0.276. The van der Waals surface area contributed by atoms with Crippen molar-refractivity contribution < 1.29 is 4.74 Å². The van der Waals surface area contributed by atoms with Crippen LogP contribution in [0.4, 0.5) is 0 Å². The Bertz CT molecular complexity index is 308. The Morgan fingerprint density at radius 1 is 1.21 bits per heavy atom. The van der Waals surface area contributed by atoms with Crippen molar-refractivity contribution >= 4 is 0 Å². The first kappa shape index (κ1) is 13.8. The molecule has 2 aliphatic heterocycles. The second kappa shape index (κ2) is 5.34. The number of morpholine rings is 1. The van der Waals surface area contributed by atoms with Crippen LogP contribution in [0.3, 0.4) is 0 Å². The highest BCUT2D eigenvalue weighted by molar-refractivity contribution is 5.01. The maximum absolute atomic E-state index is 6.26. The lowest BCUT2D eigenvalue weighted by molar-refractivity contribution is -0.0921. The van der Waals surface area contributed by atoms with E-state index in [2.05, 4.69) is 18.7 Å². The van der Waals surface area contributed by atoms with Crippen molar-refractivity contribution in [1.29, 1.82) is 0 Å². The smallest absolute Gasteiger partial charge is 0.0707 e. The highest BCUT2D eigenvalue weighted by Gasteiger charge is 2.46.